The van der Waals surface area contributed by atoms with Gasteiger partial charge in [0.1, 0.15) is 17.6 Å². The van der Waals surface area contributed by atoms with Gasteiger partial charge in [0, 0.05) is 25.2 Å². The Morgan fingerprint density at radius 1 is 1.17 bits per heavy atom. The van der Waals surface area contributed by atoms with Gasteiger partial charge >= 0.3 is 0 Å². The van der Waals surface area contributed by atoms with Crippen LogP contribution in [0.15, 0.2) is 54.6 Å². The Balaban J connectivity index is 1.62. The first-order chi connectivity index (χ1) is 11.3. The van der Waals surface area contributed by atoms with Crippen LogP contribution in [0.5, 0.6) is 11.5 Å². The van der Waals surface area contributed by atoms with E-state index in [0.29, 0.717) is 19.7 Å². The normalized spacial score (nSPS) is 17.5. The summed E-state index contributed by atoms with van der Waals surface area (Å²) < 4.78 is 11.3. The van der Waals surface area contributed by atoms with Gasteiger partial charge in [-0.3, -0.25) is 4.79 Å². The van der Waals surface area contributed by atoms with E-state index in [1.165, 1.54) is 0 Å². The lowest BCUT2D eigenvalue weighted by Crippen LogP contribution is -2.47. The Bertz CT molecular complexity index is 640. The van der Waals surface area contributed by atoms with E-state index in [1.807, 2.05) is 54.6 Å². The van der Waals surface area contributed by atoms with Crippen molar-refractivity contribution >= 4 is 5.91 Å². The van der Waals surface area contributed by atoms with E-state index in [1.54, 1.807) is 0 Å². The molecule has 2 aromatic rings. The molecule has 120 valence electrons. The molecule has 1 fully saturated rings. The summed E-state index contributed by atoms with van der Waals surface area (Å²) in [6.45, 7) is 2.30. The molecule has 23 heavy (non-hydrogen) atoms. The summed E-state index contributed by atoms with van der Waals surface area (Å²) in [5.74, 6) is 1.40. The van der Waals surface area contributed by atoms with Gasteiger partial charge < -0.3 is 20.1 Å². The number of rotatable bonds is 5. The zero-order valence-electron chi connectivity index (χ0n) is 12.8. The van der Waals surface area contributed by atoms with Gasteiger partial charge in [-0.25, -0.2) is 0 Å². The number of nitrogens with one attached hydrogen (secondary N) is 2. The van der Waals surface area contributed by atoms with Crippen LogP contribution < -0.4 is 15.4 Å². The SMILES string of the molecule is O=C(NCc1ccccc1Oc1ccccc1)C1CNCCO1. The first kappa shape index (κ1) is 15.5. The van der Waals surface area contributed by atoms with Crippen molar-refractivity contribution in [2.24, 2.45) is 0 Å². The number of ether oxygens (including phenoxy) is 2. The van der Waals surface area contributed by atoms with E-state index in [-0.39, 0.29) is 5.91 Å². The lowest BCUT2D eigenvalue weighted by atomic mass is 10.2. The lowest BCUT2D eigenvalue weighted by Gasteiger charge is -2.23. The molecule has 1 saturated heterocycles. The molecular formula is C18H20N2O3. The molecule has 2 N–H and O–H groups in total. The number of benzene rings is 2. The van der Waals surface area contributed by atoms with Crippen LogP contribution in [0.25, 0.3) is 0 Å². The minimum atomic E-state index is -0.425. The number of hydrogen-bond acceptors (Lipinski definition) is 4. The van der Waals surface area contributed by atoms with E-state index in [4.69, 9.17) is 9.47 Å². The molecule has 0 aromatic heterocycles. The molecule has 1 aliphatic rings. The number of morpholine rings is 1. The van der Waals surface area contributed by atoms with E-state index in [0.717, 1.165) is 23.6 Å². The Morgan fingerprint density at radius 2 is 1.96 bits per heavy atom. The Morgan fingerprint density at radius 3 is 2.74 bits per heavy atom. The maximum atomic E-state index is 12.1. The number of para-hydroxylation sites is 2. The van der Waals surface area contributed by atoms with Crippen LogP contribution in [0, 0.1) is 0 Å². The second-order valence-corrected chi connectivity index (χ2v) is 5.30. The minimum absolute atomic E-state index is 0.105. The highest BCUT2D eigenvalue weighted by Crippen LogP contribution is 2.24. The third-order valence-corrected chi connectivity index (χ3v) is 3.62. The summed E-state index contributed by atoms with van der Waals surface area (Å²) >= 11 is 0. The van der Waals surface area contributed by atoms with Crippen molar-refractivity contribution in [3.8, 4) is 11.5 Å². The van der Waals surface area contributed by atoms with Gasteiger partial charge in [-0.2, -0.15) is 0 Å². The molecule has 0 saturated carbocycles. The lowest BCUT2D eigenvalue weighted by molar-refractivity contribution is -0.134. The van der Waals surface area contributed by atoms with Gasteiger partial charge in [-0.15, -0.1) is 0 Å². The fraction of sp³-hybridized carbons (Fsp3) is 0.278. The third kappa shape index (κ3) is 4.31. The van der Waals surface area contributed by atoms with Gasteiger partial charge in [-0.1, -0.05) is 36.4 Å². The molecule has 0 aliphatic carbocycles. The Hall–Kier alpha value is -2.37. The molecule has 5 nitrogen and oxygen atoms in total. The fourth-order valence-electron chi connectivity index (χ4n) is 2.39. The summed E-state index contributed by atoms with van der Waals surface area (Å²) in [6, 6.07) is 17.3. The van der Waals surface area contributed by atoms with E-state index in [2.05, 4.69) is 10.6 Å². The molecular weight excluding hydrogens is 292 g/mol. The Labute approximate surface area is 135 Å². The summed E-state index contributed by atoms with van der Waals surface area (Å²) in [4.78, 5) is 12.1. The van der Waals surface area contributed by atoms with Crippen LogP contribution >= 0.6 is 0 Å². The van der Waals surface area contributed by atoms with Crippen LogP contribution in [0.1, 0.15) is 5.56 Å². The maximum absolute atomic E-state index is 12.1. The molecule has 1 amide bonds. The van der Waals surface area contributed by atoms with Crippen molar-refractivity contribution in [1.29, 1.82) is 0 Å². The zero-order chi connectivity index (χ0) is 15.9. The number of hydrogen-bond donors (Lipinski definition) is 2. The quantitative estimate of drug-likeness (QED) is 0.887. The summed E-state index contributed by atoms with van der Waals surface area (Å²) in [5, 5.41) is 6.06. The zero-order valence-corrected chi connectivity index (χ0v) is 12.8. The second kappa shape index (κ2) is 7.76. The van der Waals surface area contributed by atoms with Crippen LogP contribution in [-0.2, 0) is 16.1 Å². The molecule has 5 heteroatoms. The van der Waals surface area contributed by atoms with Crippen molar-refractivity contribution in [3.05, 3.63) is 60.2 Å². The van der Waals surface area contributed by atoms with Crippen molar-refractivity contribution in [2.75, 3.05) is 19.7 Å². The monoisotopic (exact) mass is 312 g/mol. The van der Waals surface area contributed by atoms with Crippen LogP contribution in [0.3, 0.4) is 0 Å². The van der Waals surface area contributed by atoms with Crippen molar-refractivity contribution < 1.29 is 14.3 Å². The molecule has 0 bridgehead atoms. The maximum Gasteiger partial charge on any atom is 0.250 e. The van der Waals surface area contributed by atoms with Gasteiger partial charge in [-0.05, 0) is 18.2 Å². The van der Waals surface area contributed by atoms with Gasteiger partial charge in [0.25, 0.3) is 5.91 Å². The van der Waals surface area contributed by atoms with Crippen molar-refractivity contribution in [3.63, 3.8) is 0 Å². The number of amides is 1. The first-order valence-corrected chi connectivity index (χ1v) is 7.74. The highest BCUT2D eigenvalue weighted by molar-refractivity contribution is 5.81. The summed E-state index contributed by atoms with van der Waals surface area (Å²) in [7, 11) is 0. The third-order valence-electron chi connectivity index (χ3n) is 3.62. The standard InChI is InChI=1S/C18H20N2O3/c21-18(17-13-19-10-11-22-17)20-12-14-6-4-5-9-16(14)23-15-7-2-1-3-8-15/h1-9,17,19H,10-13H2,(H,20,21). The Kier molecular flexibility index (Phi) is 5.24. The van der Waals surface area contributed by atoms with Crippen LogP contribution in [0.4, 0.5) is 0 Å². The van der Waals surface area contributed by atoms with Crippen molar-refractivity contribution in [1.82, 2.24) is 10.6 Å². The second-order valence-electron chi connectivity index (χ2n) is 5.30. The fourth-order valence-corrected chi connectivity index (χ4v) is 2.39. The molecule has 1 heterocycles. The average Bonchev–Trinajstić information content (AvgIpc) is 2.62. The topological polar surface area (TPSA) is 59.6 Å². The average molecular weight is 312 g/mol. The number of carbonyl (C=O) groups is 1. The van der Waals surface area contributed by atoms with E-state index in [9.17, 15) is 4.79 Å². The molecule has 3 rings (SSSR count). The van der Waals surface area contributed by atoms with Gasteiger partial charge in [0.05, 0.1) is 6.61 Å². The summed E-state index contributed by atoms with van der Waals surface area (Å²) in [5.41, 5.74) is 0.925. The molecule has 1 atom stereocenters. The smallest absolute Gasteiger partial charge is 0.250 e. The highest BCUT2D eigenvalue weighted by atomic mass is 16.5. The molecule has 1 aliphatic heterocycles. The first-order valence-electron chi connectivity index (χ1n) is 7.74. The predicted octanol–water partition coefficient (Wildman–Crippen LogP) is 2.08. The summed E-state index contributed by atoms with van der Waals surface area (Å²) in [6.07, 6.45) is -0.425. The number of carbonyl (C=O) groups excluding carboxylic acids is 1. The van der Waals surface area contributed by atoms with E-state index < -0.39 is 6.10 Å². The molecule has 0 spiro atoms. The highest BCUT2D eigenvalue weighted by Gasteiger charge is 2.21. The largest absolute Gasteiger partial charge is 0.457 e. The minimum Gasteiger partial charge on any atom is -0.457 e. The molecule has 1 unspecified atom stereocenters. The van der Waals surface area contributed by atoms with Gasteiger partial charge in [0.15, 0.2) is 0 Å². The van der Waals surface area contributed by atoms with Crippen molar-refractivity contribution in [2.45, 2.75) is 12.6 Å². The van der Waals surface area contributed by atoms with E-state index >= 15 is 0 Å². The molecule has 2 aromatic carbocycles. The molecule has 0 radical (unpaired) electrons. The van der Waals surface area contributed by atoms with Crippen LogP contribution in [0.2, 0.25) is 0 Å². The van der Waals surface area contributed by atoms with Crippen LogP contribution in [-0.4, -0.2) is 31.7 Å². The van der Waals surface area contributed by atoms with Gasteiger partial charge in [0.2, 0.25) is 0 Å². The predicted molar refractivity (Wildman–Crippen MR) is 87.4 cm³/mol.